The molecule has 4 aromatic rings. The van der Waals surface area contributed by atoms with Crippen molar-refractivity contribution in [3.8, 4) is 11.5 Å². The van der Waals surface area contributed by atoms with Crippen molar-refractivity contribution in [2.75, 3.05) is 11.9 Å². The van der Waals surface area contributed by atoms with Crippen LogP contribution in [0.2, 0.25) is 5.02 Å². The molecule has 30 heavy (non-hydrogen) atoms. The molecule has 2 heterocycles. The molecule has 152 valence electrons. The number of nitrogens with zero attached hydrogens (tertiary/aromatic N) is 2. The highest BCUT2D eigenvalue weighted by Gasteiger charge is 2.06. The number of nitrogens with one attached hydrogen (secondary N) is 1. The van der Waals surface area contributed by atoms with Crippen LogP contribution in [0.4, 0.5) is 5.69 Å². The van der Waals surface area contributed by atoms with Gasteiger partial charge in [-0.3, -0.25) is 14.0 Å². The molecule has 1 N–H and O–H groups in total. The fourth-order valence-corrected chi connectivity index (χ4v) is 3.49. The second-order valence-electron chi connectivity index (χ2n) is 6.25. The Morgan fingerprint density at radius 1 is 1.07 bits per heavy atom. The van der Waals surface area contributed by atoms with Crippen molar-refractivity contribution >= 4 is 39.5 Å². The highest BCUT2D eigenvalue weighted by atomic mass is 35.5. The number of anilines is 1. The van der Waals surface area contributed by atoms with Crippen molar-refractivity contribution in [1.82, 2.24) is 9.38 Å². The van der Waals surface area contributed by atoms with Crippen LogP contribution in [0, 0.1) is 0 Å². The molecule has 0 fully saturated rings. The SMILES string of the molecule is O=C(COc1ccc(Cl)cc1)Nc1ccc(OCc2cc(=O)n3ccsc3n2)cc1. The monoisotopic (exact) mass is 441 g/mol. The highest BCUT2D eigenvalue weighted by Crippen LogP contribution is 2.18. The molecule has 0 saturated heterocycles. The van der Waals surface area contributed by atoms with E-state index in [1.54, 1.807) is 54.7 Å². The number of amides is 1. The van der Waals surface area contributed by atoms with Crippen molar-refractivity contribution in [3.05, 3.63) is 87.2 Å². The lowest BCUT2D eigenvalue weighted by Crippen LogP contribution is -2.20. The van der Waals surface area contributed by atoms with Gasteiger partial charge in [-0.1, -0.05) is 11.6 Å². The Kier molecular flexibility index (Phi) is 5.97. The van der Waals surface area contributed by atoms with Crippen molar-refractivity contribution in [1.29, 1.82) is 0 Å². The number of carbonyl (C=O) groups excluding carboxylic acids is 1. The molecular formula is C21H16ClN3O4S. The summed E-state index contributed by atoms with van der Waals surface area (Å²) in [6, 6.07) is 15.1. The zero-order valence-electron chi connectivity index (χ0n) is 15.6. The topological polar surface area (TPSA) is 81.9 Å². The Morgan fingerprint density at radius 2 is 1.77 bits per heavy atom. The van der Waals surface area contributed by atoms with E-state index in [9.17, 15) is 9.59 Å². The van der Waals surface area contributed by atoms with Gasteiger partial charge in [-0.2, -0.15) is 0 Å². The zero-order chi connectivity index (χ0) is 20.9. The van der Waals surface area contributed by atoms with Crippen LogP contribution in [0.25, 0.3) is 4.96 Å². The molecule has 0 aliphatic carbocycles. The molecule has 9 heteroatoms. The van der Waals surface area contributed by atoms with E-state index in [2.05, 4.69) is 10.3 Å². The van der Waals surface area contributed by atoms with Gasteiger partial charge in [0.15, 0.2) is 11.6 Å². The van der Waals surface area contributed by atoms with Gasteiger partial charge in [0, 0.05) is 28.4 Å². The minimum Gasteiger partial charge on any atom is -0.487 e. The van der Waals surface area contributed by atoms with E-state index in [4.69, 9.17) is 21.1 Å². The normalized spacial score (nSPS) is 10.7. The predicted molar refractivity (Wildman–Crippen MR) is 116 cm³/mol. The third kappa shape index (κ3) is 4.97. The summed E-state index contributed by atoms with van der Waals surface area (Å²) < 4.78 is 12.6. The average molecular weight is 442 g/mol. The van der Waals surface area contributed by atoms with Crippen LogP contribution in [0.1, 0.15) is 5.69 Å². The molecule has 0 radical (unpaired) electrons. The first kappa shape index (κ1) is 19.9. The molecule has 4 rings (SSSR count). The van der Waals surface area contributed by atoms with Crippen LogP contribution >= 0.6 is 22.9 Å². The Labute approximate surface area is 180 Å². The van der Waals surface area contributed by atoms with Crippen LogP contribution < -0.4 is 20.3 Å². The van der Waals surface area contributed by atoms with Gasteiger partial charge in [0.2, 0.25) is 0 Å². The molecule has 0 spiro atoms. The fraction of sp³-hybridized carbons (Fsp3) is 0.0952. The van der Waals surface area contributed by atoms with E-state index >= 15 is 0 Å². The van der Waals surface area contributed by atoms with Crippen molar-refractivity contribution in [2.45, 2.75) is 6.61 Å². The molecule has 0 bridgehead atoms. The lowest BCUT2D eigenvalue weighted by atomic mass is 10.3. The maximum atomic E-state index is 12.0. The quantitative estimate of drug-likeness (QED) is 0.468. The van der Waals surface area contributed by atoms with Crippen LogP contribution in [0.3, 0.4) is 0 Å². The molecule has 0 unspecified atom stereocenters. The van der Waals surface area contributed by atoms with Crippen molar-refractivity contribution < 1.29 is 14.3 Å². The lowest BCUT2D eigenvalue weighted by molar-refractivity contribution is -0.118. The summed E-state index contributed by atoms with van der Waals surface area (Å²) in [5, 5.41) is 5.16. The van der Waals surface area contributed by atoms with E-state index in [0.717, 1.165) is 0 Å². The number of rotatable bonds is 7. The molecule has 2 aromatic heterocycles. The first-order chi connectivity index (χ1) is 14.6. The summed E-state index contributed by atoms with van der Waals surface area (Å²) in [5.74, 6) is 0.874. The van der Waals surface area contributed by atoms with Gasteiger partial charge >= 0.3 is 0 Å². The minimum absolute atomic E-state index is 0.119. The predicted octanol–water partition coefficient (Wildman–Crippen LogP) is 4.01. The third-order valence-electron chi connectivity index (χ3n) is 4.06. The number of hydrogen-bond acceptors (Lipinski definition) is 6. The van der Waals surface area contributed by atoms with E-state index < -0.39 is 0 Å². The van der Waals surface area contributed by atoms with Crippen LogP contribution in [-0.2, 0) is 11.4 Å². The van der Waals surface area contributed by atoms with E-state index in [1.165, 1.54) is 21.8 Å². The Morgan fingerprint density at radius 3 is 2.53 bits per heavy atom. The number of fused-ring (bicyclic) bond motifs is 1. The number of aromatic nitrogens is 2. The summed E-state index contributed by atoms with van der Waals surface area (Å²) in [6.07, 6.45) is 1.69. The second kappa shape index (κ2) is 8.98. The largest absolute Gasteiger partial charge is 0.487 e. The average Bonchev–Trinajstić information content (AvgIpc) is 3.22. The summed E-state index contributed by atoms with van der Waals surface area (Å²) in [6.45, 7) is 0.0522. The van der Waals surface area contributed by atoms with Crippen molar-refractivity contribution in [3.63, 3.8) is 0 Å². The lowest BCUT2D eigenvalue weighted by Gasteiger charge is -2.09. The second-order valence-corrected chi connectivity index (χ2v) is 7.55. The van der Waals surface area contributed by atoms with Gasteiger partial charge in [-0.05, 0) is 48.5 Å². The van der Waals surface area contributed by atoms with Gasteiger partial charge in [0.25, 0.3) is 11.5 Å². The molecule has 1 amide bonds. The zero-order valence-corrected chi connectivity index (χ0v) is 17.2. The number of benzene rings is 2. The standard InChI is InChI=1S/C21H16ClN3O4S/c22-14-1-5-17(6-2-14)29-13-19(26)23-15-3-7-18(8-4-15)28-12-16-11-20(27)25-9-10-30-21(25)24-16/h1-11H,12-13H2,(H,23,26). The summed E-state index contributed by atoms with van der Waals surface area (Å²) in [4.78, 5) is 29.1. The maximum absolute atomic E-state index is 12.0. The Bertz CT molecular complexity index is 1220. The first-order valence-electron chi connectivity index (χ1n) is 8.94. The van der Waals surface area contributed by atoms with Crippen LogP contribution in [0.15, 0.2) is 71.0 Å². The smallest absolute Gasteiger partial charge is 0.262 e. The summed E-state index contributed by atoms with van der Waals surface area (Å²) >= 11 is 7.20. The van der Waals surface area contributed by atoms with Gasteiger partial charge in [0.1, 0.15) is 18.1 Å². The van der Waals surface area contributed by atoms with Crippen LogP contribution in [-0.4, -0.2) is 21.9 Å². The number of halogens is 1. The first-order valence-corrected chi connectivity index (χ1v) is 10.2. The van der Waals surface area contributed by atoms with Gasteiger partial charge in [0.05, 0.1) is 5.69 Å². The number of hydrogen-bond donors (Lipinski definition) is 1. The molecule has 7 nitrogen and oxygen atoms in total. The highest BCUT2D eigenvalue weighted by molar-refractivity contribution is 7.15. The van der Waals surface area contributed by atoms with E-state index in [0.29, 0.717) is 32.9 Å². The van der Waals surface area contributed by atoms with E-state index in [-0.39, 0.29) is 24.7 Å². The molecular weight excluding hydrogens is 426 g/mol. The number of thiazole rings is 1. The minimum atomic E-state index is -0.285. The fourth-order valence-electron chi connectivity index (χ4n) is 2.63. The van der Waals surface area contributed by atoms with Crippen LogP contribution in [0.5, 0.6) is 11.5 Å². The molecule has 2 aromatic carbocycles. The number of ether oxygens (including phenoxy) is 2. The Balaban J connectivity index is 1.29. The molecule has 0 aliphatic heterocycles. The van der Waals surface area contributed by atoms with Crippen molar-refractivity contribution in [2.24, 2.45) is 0 Å². The summed E-state index contributed by atoms with van der Waals surface area (Å²) in [5.41, 5.74) is 1.03. The Hall–Kier alpha value is -3.36. The van der Waals surface area contributed by atoms with Gasteiger partial charge in [-0.15, -0.1) is 11.3 Å². The molecule has 0 atom stereocenters. The summed E-state index contributed by atoms with van der Waals surface area (Å²) in [7, 11) is 0. The third-order valence-corrected chi connectivity index (χ3v) is 5.07. The number of carbonyl (C=O) groups is 1. The maximum Gasteiger partial charge on any atom is 0.262 e. The molecule has 0 aliphatic rings. The van der Waals surface area contributed by atoms with Gasteiger partial charge in [-0.25, -0.2) is 4.98 Å². The molecule has 0 saturated carbocycles. The van der Waals surface area contributed by atoms with E-state index in [1.807, 2.05) is 5.38 Å². The van der Waals surface area contributed by atoms with Gasteiger partial charge < -0.3 is 14.8 Å².